The first kappa shape index (κ1) is 19.2. The van der Waals surface area contributed by atoms with Crippen LogP contribution in [0.4, 0.5) is 0 Å². The quantitative estimate of drug-likeness (QED) is 0.789. The zero-order chi connectivity index (χ0) is 19.1. The molecule has 27 heavy (non-hydrogen) atoms. The van der Waals surface area contributed by atoms with Crippen LogP contribution in [0.2, 0.25) is 0 Å². The number of nitrogens with one attached hydrogen (secondary N) is 1. The Morgan fingerprint density at radius 3 is 2.56 bits per heavy atom. The van der Waals surface area contributed by atoms with Crippen molar-refractivity contribution in [3.05, 3.63) is 71.8 Å². The summed E-state index contributed by atoms with van der Waals surface area (Å²) in [5, 5.41) is 12.5. The first-order valence-corrected chi connectivity index (χ1v) is 9.64. The third-order valence-corrected chi connectivity index (χ3v) is 5.01. The Morgan fingerprint density at radius 2 is 1.89 bits per heavy atom. The Bertz CT molecular complexity index is 769. The minimum absolute atomic E-state index is 0.0945. The van der Waals surface area contributed by atoms with E-state index in [1.807, 2.05) is 18.2 Å². The zero-order valence-corrected chi connectivity index (χ0v) is 15.9. The molecule has 1 aliphatic heterocycles. The van der Waals surface area contributed by atoms with Crippen molar-refractivity contribution in [1.82, 2.24) is 10.2 Å². The molecule has 3 rings (SSSR count). The second-order valence-electron chi connectivity index (χ2n) is 7.25. The van der Waals surface area contributed by atoms with Crippen LogP contribution in [0, 0.1) is 0 Å². The van der Waals surface area contributed by atoms with E-state index in [9.17, 15) is 9.90 Å². The molecule has 1 aliphatic rings. The Morgan fingerprint density at radius 1 is 1.15 bits per heavy atom. The number of aryl methyl sites for hydroxylation is 1. The predicted octanol–water partition coefficient (Wildman–Crippen LogP) is 3.62. The monoisotopic (exact) mass is 364 g/mol. The summed E-state index contributed by atoms with van der Waals surface area (Å²) in [6.07, 6.45) is 5.02. The summed E-state index contributed by atoms with van der Waals surface area (Å²) >= 11 is 0. The third kappa shape index (κ3) is 5.97. The maximum absolute atomic E-state index is 12.3. The van der Waals surface area contributed by atoms with Gasteiger partial charge in [-0.05, 0) is 55.0 Å². The van der Waals surface area contributed by atoms with Gasteiger partial charge in [0.1, 0.15) is 5.75 Å². The molecule has 2 aromatic rings. The highest BCUT2D eigenvalue weighted by Crippen LogP contribution is 2.23. The van der Waals surface area contributed by atoms with Crippen LogP contribution in [-0.4, -0.2) is 41.6 Å². The number of carbonyl (C=O) groups excluding carboxylic acids is 1. The van der Waals surface area contributed by atoms with Crippen molar-refractivity contribution < 1.29 is 9.90 Å². The lowest BCUT2D eigenvalue weighted by Gasteiger charge is -2.26. The van der Waals surface area contributed by atoms with E-state index < -0.39 is 0 Å². The minimum Gasteiger partial charge on any atom is -0.508 e. The lowest BCUT2D eigenvalue weighted by Crippen LogP contribution is -2.42. The number of amides is 1. The molecule has 0 saturated carbocycles. The van der Waals surface area contributed by atoms with Crippen LogP contribution in [-0.2, 0) is 11.2 Å². The van der Waals surface area contributed by atoms with E-state index >= 15 is 0 Å². The van der Waals surface area contributed by atoms with Crippen molar-refractivity contribution in [3.8, 4) is 5.75 Å². The predicted molar refractivity (Wildman–Crippen MR) is 110 cm³/mol. The summed E-state index contributed by atoms with van der Waals surface area (Å²) in [5.74, 6) is 0.381. The number of aromatic hydroxyl groups is 1. The molecule has 0 fully saturated rings. The molecule has 2 N–H and O–H groups in total. The Labute approximate surface area is 161 Å². The van der Waals surface area contributed by atoms with Crippen molar-refractivity contribution in [2.24, 2.45) is 0 Å². The fourth-order valence-electron chi connectivity index (χ4n) is 3.42. The normalized spacial score (nSPS) is 15.8. The van der Waals surface area contributed by atoms with Crippen LogP contribution >= 0.6 is 0 Å². The lowest BCUT2D eigenvalue weighted by molar-refractivity contribution is -0.122. The molecule has 2 aromatic carbocycles. The van der Waals surface area contributed by atoms with E-state index in [2.05, 4.69) is 47.5 Å². The highest BCUT2D eigenvalue weighted by atomic mass is 16.3. The zero-order valence-electron chi connectivity index (χ0n) is 15.9. The van der Waals surface area contributed by atoms with Crippen LogP contribution in [0.15, 0.2) is 60.7 Å². The number of phenols is 1. The highest BCUT2D eigenvalue weighted by Gasteiger charge is 2.16. The first-order chi connectivity index (χ1) is 13.1. The van der Waals surface area contributed by atoms with E-state index in [0.29, 0.717) is 6.54 Å². The van der Waals surface area contributed by atoms with E-state index in [1.54, 1.807) is 12.1 Å². The minimum atomic E-state index is 0.0945. The lowest BCUT2D eigenvalue weighted by atomic mass is 9.99. The maximum atomic E-state index is 12.3. The summed E-state index contributed by atoms with van der Waals surface area (Å²) in [7, 11) is 0. The fraction of sp³-hybridized carbons (Fsp3) is 0.348. The number of nitrogens with zero attached hydrogens (tertiary/aromatic N) is 1. The second-order valence-corrected chi connectivity index (χ2v) is 7.25. The number of hydrogen-bond donors (Lipinski definition) is 2. The van der Waals surface area contributed by atoms with Gasteiger partial charge in [-0.15, -0.1) is 0 Å². The average Bonchev–Trinajstić information content (AvgIpc) is 2.68. The van der Waals surface area contributed by atoms with Gasteiger partial charge in [-0.1, -0.05) is 48.5 Å². The SMILES string of the molecule is CC(CCc1ccccc1)NC(=O)CN1CC=C(c2ccc(O)cc2)CC1. The summed E-state index contributed by atoms with van der Waals surface area (Å²) in [6, 6.07) is 17.9. The molecular formula is C23H28N2O2. The van der Waals surface area contributed by atoms with Crippen molar-refractivity contribution >= 4 is 11.5 Å². The Kier molecular flexibility index (Phi) is 6.66. The van der Waals surface area contributed by atoms with Gasteiger partial charge >= 0.3 is 0 Å². The molecule has 1 amide bonds. The van der Waals surface area contributed by atoms with Crippen molar-refractivity contribution in [2.75, 3.05) is 19.6 Å². The Hall–Kier alpha value is -2.59. The van der Waals surface area contributed by atoms with Gasteiger partial charge in [0.2, 0.25) is 5.91 Å². The fourth-order valence-corrected chi connectivity index (χ4v) is 3.42. The topological polar surface area (TPSA) is 52.6 Å². The molecule has 1 atom stereocenters. The molecule has 0 aromatic heterocycles. The van der Waals surface area contributed by atoms with Crippen molar-refractivity contribution in [2.45, 2.75) is 32.2 Å². The summed E-state index contributed by atoms with van der Waals surface area (Å²) in [4.78, 5) is 14.5. The molecule has 0 saturated heterocycles. The van der Waals surface area contributed by atoms with Crippen molar-refractivity contribution in [3.63, 3.8) is 0 Å². The van der Waals surface area contributed by atoms with Gasteiger partial charge in [0.05, 0.1) is 6.54 Å². The van der Waals surface area contributed by atoms with Gasteiger partial charge < -0.3 is 10.4 Å². The number of benzene rings is 2. The van der Waals surface area contributed by atoms with E-state index in [0.717, 1.165) is 37.9 Å². The molecule has 0 spiro atoms. The van der Waals surface area contributed by atoms with Gasteiger partial charge in [-0.3, -0.25) is 9.69 Å². The molecule has 142 valence electrons. The van der Waals surface area contributed by atoms with Crippen molar-refractivity contribution in [1.29, 1.82) is 0 Å². The average molecular weight is 364 g/mol. The van der Waals surface area contributed by atoms with Gasteiger partial charge in [0, 0.05) is 19.1 Å². The van der Waals surface area contributed by atoms with Crippen LogP contribution < -0.4 is 5.32 Å². The largest absolute Gasteiger partial charge is 0.508 e. The number of rotatable bonds is 7. The van der Waals surface area contributed by atoms with Crippen LogP contribution in [0.5, 0.6) is 5.75 Å². The molecule has 4 nitrogen and oxygen atoms in total. The van der Waals surface area contributed by atoms with Gasteiger partial charge in [0.15, 0.2) is 0 Å². The molecule has 0 bridgehead atoms. The summed E-state index contributed by atoms with van der Waals surface area (Å²) < 4.78 is 0. The highest BCUT2D eigenvalue weighted by molar-refractivity contribution is 5.78. The molecule has 1 heterocycles. The maximum Gasteiger partial charge on any atom is 0.234 e. The summed E-state index contributed by atoms with van der Waals surface area (Å²) in [6.45, 7) is 4.16. The second kappa shape index (κ2) is 9.38. The third-order valence-electron chi connectivity index (χ3n) is 5.01. The Balaban J connectivity index is 1.41. The van der Waals surface area contributed by atoms with Crippen LogP contribution in [0.3, 0.4) is 0 Å². The van der Waals surface area contributed by atoms with Crippen LogP contribution in [0.1, 0.15) is 30.9 Å². The van der Waals surface area contributed by atoms with E-state index in [-0.39, 0.29) is 17.7 Å². The summed E-state index contributed by atoms with van der Waals surface area (Å²) in [5.41, 5.74) is 3.73. The van der Waals surface area contributed by atoms with Gasteiger partial charge in [-0.25, -0.2) is 0 Å². The smallest absolute Gasteiger partial charge is 0.234 e. The number of phenolic OH excluding ortho intramolecular Hbond substituents is 1. The van der Waals surface area contributed by atoms with Gasteiger partial charge in [-0.2, -0.15) is 0 Å². The first-order valence-electron chi connectivity index (χ1n) is 9.64. The van der Waals surface area contributed by atoms with E-state index in [4.69, 9.17) is 0 Å². The standard InChI is InChI=1S/C23H28N2O2/c1-18(7-8-19-5-3-2-4-6-19)24-23(27)17-25-15-13-21(14-16-25)20-9-11-22(26)12-10-20/h2-6,9-13,18,26H,7-8,14-17H2,1H3,(H,24,27). The van der Waals surface area contributed by atoms with Crippen LogP contribution in [0.25, 0.3) is 5.57 Å². The number of carbonyl (C=O) groups is 1. The molecule has 0 radical (unpaired) electrons. The molecule has 1 unspecified atom stereocenters. The molecule has 0 aliphatic carbocycles. The van der Waals surface area contributed by atoms with E-state index in [1.165, 1.54) is 11.1 Å². The molecule has 4 heteroatoms. The number of hydrogen-bond acceptors (Lipinski definition) is 3. The molecular weight excluding hydrogens is 336 g/mol. The van der Waals surface area contributed by atoms with Gasteiger partial charge in [0.25, 0.3) is 0 Å².